The number of halogens is 3. The van der Waals surface area contributed by atoms with Crippen LogP contribution in [0.2, 0.25) is 0 Å². The lowest BCUT2D eigenvalue weighted by Gasteiger charge is -2.10. The normalized spacial score (nSPS) is 13.3. The minimum atomic E-state index is -4.49. The molecule has 1 aromatic carbocycles. The Morgan fingerprint density at radius 2 is 2.04 bits per heavy atom. The number of carbonyl (C=O) groups is 2. The predicted molar refractivity (Wildman–Crippen MR) is 90.4 cm³/mol. The van der Waals surface area contributed by atoms with E-state index in [2.05, 4.69) is 5.32 Å². The molecule has 1 aromatic heterocycles. The molecule has 138 valence electrons. The summed E-state index contributed by atoms with van der Waals surface area (Å²) in [4.78, 5) is 24.8. The SMILES string of the molecule is NC(=O)c1c(NC(=O)COc2cccc(C(F)(F)F)c2)sc2c1CCC2. The maximum absolute atomic E-state index is 12.7. The number of primary amides is 1. The number of alkyl halides is 3. The summed E-state index contributed by atoms with van der Waals surface area (Å²) in [7, 11) is 0. The van der Waals surface area contributed by atoms with Crippen LogP contribution in [0.5, 0.6) is 5.75 Å². The highest BCUT2D eigenvalue weighted by Crippen LogP contribution is 2.38. The van der Waals surface area contributed by atoms with E-state index in [4.69, 9.17) is 10.5 Å². The Hall–Kier alpha value is -2.55. The van der Waals surface area contributed by atoms with Gasteiger partial charge in [-0.25, -0.2) is 0 Å². The number of carbonyl (C=O) groups excluding carboxylic acids is 2. The lowest BCUT2D eigenvalue weighted by atomic mass is 10.1. The van der Waals surface area contributed by atoms with E-state index in [9.17, 15) is 22.8 Å². The zero-order valence-corrected chi connectivity index (χ0v) is 14.3. The van der Waals surface area contributed by atoms with Crippen molar-refractivity contribution >= 4 is 28.2 Å². The van der Waals surface area contributed by atoms with Gasteiger partial charge in [0.25, 0.3) is 11.8 Å². The van der Waals surface area contributed by atoms with Gasteiger partial charge < -0.3 is 15.8 Å². The zero-order valence-electron chi connectivity index (χ0n) is 13.5. The standard InChI is InChI=1S/C17H15F3N2O3S/c18-17(19,20)9-3-1-4-10(7-9)25-8-13(23)22-16-14(15(21)24)11-5-2-6-12(11)26-16/h1,3-4,7H,2,5-6,8H2,(H2,21,24)(H,22,23). The number of thiophene rings is 1. The first-order valence-corrected chi connectivity index (χ1v) is 8.61. The monoisotopic (exact) mass is 384 g/mol. The van der Waals surface area contributed by atoms with Crippen LogP contribution in [0.1, 0.15) is 32.8 Å². The first-order valence-electron chi connectivity index (χ1n) is 7.80. The smallest absolute Gasteiger partial charge is 0.416 e. The summed E-state index contributed by atoms with van der Waals surface area (Å²) in [6.45, 7) is -0.484. The summed E-state index contributed by atoms with van der Waals surface area (Å²) >= 11 is 1.30. The first kappa shape index (κ1) is 18.2. The fourth-order valence-corrected chi connectivity index (χ4v) is 4.14. The molecule has 0 fully saturated rings. The van der Waals surface area contributed by atoms with Crippen LogP contribution in [-0.4, -0.2) is 18.4 Å². The Bertz CT molecular complexity index is 861. The Morgan fingerprint density at radius 1 is 1.27 bits per heavy atom. The van der Waals surface area contributed by atoms with Gasteiger partial charge in [-0.15, -0.1) is 11.3 Å². The number of hydrogen-bond acceptors (Lipinski definition) is 4. The molecule has 1 aliphatic carbocycles. The van der Waals surface area contributed by atoms with Crippen molar-refractivity contribution in [3.8, 4) is 5.75 Å². The molecule has 3 rings (SSSR count). The molecular weight excluding hydrogens is 369 g/mol. The van der Waals surface area contributed by atoms with Crippen molar-refractivity contribution in [3.63, 3.8) is 0 Å². The number of aryl methyl sites for hydroxylation is 1. The van der Waals surface area contributed by atoms with Crippen LogP contribution in [0.25, 0.3) is 0 Å². The first-order chi connectivity index (χ1) is 12.3. The van der Waals surface area contributed by atoms with Gasteiger partial charge in [0.1, 0.15) is 10.8 Å². The third kappa shape index (κ3) is 3.82. The molecule has 0 bridgehead atoms. The average Bonchev–Trinajstić information content (AvgIpc) is 3.12. The second kappa shape index (κ2) is 6.99. The van der Waals surface area contributed by atoms with Gasteiger partial charge in [0.15, 0.2) is 6.61 Å². The Morgan fingerprint density at radius 3 is 2.73 bits per heavy atom. The van der Waals surface area contributed by atoms with E-state index in [0.717, 1.165) is 41.8 Å². The molecule has 3 N–H and O–H groups in total. The Labute approximate surface area is 151 Å². The molecule has 0 aliphatic heterocycles. The van der Waals surface area contributed by atoms with Crippen LogP contribution in [0.4, 0.5) is 18.2 Å². The zero-order chi connectivity index (χ0) is 18.9. The molecule has 26 heavy (non-hydrogen) atoms. The number of ether oxygens (including phenoxy) is 1. The van der Waals surface area contributed by atoms with Crippen LogP contribution in [0.3, 0.4) is 0 Å². The summed E-state index contributed by atoms with van der Waals surface area (Å²) in [5.74, 6) is -1.26. The van der Waals surface area contributed by atoms with Gasteiger partial charge in [-0.3, -0.25) is 9.59 Å². The minimum absolute atomic E-state index is 0.0706. The van der Waals surface area contributed by atoms with Gasteiger partial charge in [-0.05, 0) is 43.0 Å². The summed E-state index contributed by atoms with van der Waals surface area (Å²) in [6, 6.07) is 4.27. The van der Waals surface area contributed by atoms with Crippen molar-refractivity contribution < 1.29 is 27.5 Å². The minimum Gasteiger partial charge on any atom is -0.484 e. The molecule has 0 spiro atoms. The molecule has 0 radical (unpaired) electrons. The fourth-order valence-electron chi connectivity index (χ4n) is 2.83. The van der Waals surface area contributed by atoms with Crippen LogP contribution in [0.15, 0.2) is 24.3 Å². The number of benzene rings is 1. The molecule has 0 saturated carbocycles. The molecule has 2 aromatic rings. The van der Waals surface area contributed by atoms with Gasteiger partial charge in [-0.2, -0.15) is 13.2 Å². The lowest BCUT2D eigenvalue weighted by Crippen LogP contribution is -2.22. The number of nitrogens with one attached hydrogen (secondary N) is 1. The fraction of sp³-hybridized carbons (Fsp3) is 0.294. The van der Waals surface area contributed by atoms with E-state index in [-0.39, 0.29) is 5.75 Å². The molecule has 1 aliphatic rings. The number of nitrogens with two attached hydrogens (primary N) is 1. The topological polar surface area (TPSA) is 81.4 Å². The van der Waals surface area contributed by atoms with E-state index < -0.39 is 30.2 Å². The highest BCUT2D eigenvalue weighted by atomic mass is 32.1. The highest BCUT2D eigenvalue weighted by molar-refractivity contribution is 7.17. The molecule has 5 nitrogen and oxygen atoms in total. The summed E-state index contributed by atoms with van der Waals surface area (Å²) in [5, 5.41) is 2.93. The molecule has 2 amide bonds. The molecule has 9 heteroatoms. The summed E-state index contributed by atoms with van der Waals surface area (Å²) < 4.78 is 43.2. The highest BCUT2D eigenvalue weighted by Gasteiger charge is 2.30. The average molecular weight is 384 g/mol. The number of rotatable bonds is 5. The van der Waals surface area contributed by atoms with Crippen molar-refractivity contribution in [1.82, 2.24) is 0 Å². The predicted octanol–water partition coefficient (Wildman–Crippen LogP) is 3.37. The molecule has 0 unspecified atom stereocenters. The maximum Gasteiger partial charge on any atom is 0.416 e. The van der Waals surface area contributed by atoms with Crippen molar-refractivity contribution in [1.29, 1.82) is 0 Å². The van der Waals surface area contributed by atoms with Gasteiger partial charge in [0.2, 0.25) is 0 Å². The number of fused-ring (bicyclic) bond motifs is 1. The summed E-state index contributed by atoms with van der Waals surface area (Å²) in [6.07, 6.45) is -1.98. The number of hydrogen-bond donors (Lipinski definition) is 2. The van der Waals surface area contributed by atoms with Crippen LogP contribution < -0.4 is 15.8 Å². The largest absolute Gasteiger partial charge is 0.484 e. The second-order valence-corrected chi connectivity index (χ2v) is 6.89. The number of anilines is 1. The summed E-state index contributed by atoms with van der Waals surface area (Å²) in [5.41, 5.74) is 5.74. The molecular formula is C17H15F3N2O3S. The van der Waals surface area contributed by atoms with Gasteiger partial charge in [0, 0.05) is 4.88 Å². The third-order valence-corrected chi connectivity index (χ3v) is 5.16. The lowest BCUT2D eigenvalue weighted by molar-refractivity contribution is -0.137. The molecule has 1 heterocycles. The number of amides is 2. The second-order valence-electron chi connectivity index (χ2n) is 5.79. The van der Waals surface area contributed by atoms with Crippen LogP contribution in [-0.2, 0) is 23.8 Å². The maximum atomic E-state index is 12.7. The van der Waals surface area contributed by atoms with Crippen molar-refractivity contribution in [3.05, 3.63) is 45.8 Å². The van der Waals surface area contributed by atoms with E-state index in [1.165, 1.54) is 23.5 Å². The third-order valence-electron chi connectivity index (χ3n) is 3.95. The Kier molecular flexibility index (Phi) is 4.90. The quantitative estimate of drug-likeness (QED) is 0.829. The van der Waals surface area contributed by atoms with Crippen molar-refractivity contribution in [2.45, 2.75) is 25.4 Å². The van der Waals surface area contributed by atoms with Gasteiger partial charge in [-0.1, -0.05) is 6.07 Å². The van der Waals surface area contributed by atoms with Crippen LogP contribution in [0, 0.1) is 0 Å². The molecule has 0 saturated heterocycles. The van der Waals surface area contributed by atoms with E-state index >= 15 is 0 Å². The van der Waals surface area contributed by atoms with Gasteiger partial charge in [0.05, 0.1) is 11.1 Å². The van der Waals surface area contributed by atoms with Gasteiger partial charge >= 0.3 is 6.18 Å². The van der Waals surface area contributed by atoms with Crippen LogP contribution >= 0.6 is 11.3 Å². The van der Waals surface area contributed by atoms with E-state index in [1.807, 2.05) is 0 Å². The molecule has 0 atom stereocenters. The van der Waals surface area contributed by atoms with Crippen molar-refractivity contribution in [2.75, 3.05) is 11.9 Å². The van der Waals surface area contributed by atoms with E-state index in [1.54, 1.807) is 0 Å². The van der Waals surface area contributed by atoms with E-state index in [0.29, 0.717) is 10.6 Å². The van der Waals surface area contributed by atoms with Crippen molar-refractivity contribution in [2.24, 2.45) is 5.73 Å². The Balaban J connectivity index is 1.67.